The summed E-state index contributed by atoms with van der Waals surface area (Å²) >= 11 is 0. The first-order chi connectivity index (χ1) is 22.4. The summed E-state index contributed by atoms with van der Waals surface area (Å²) in [6.45, 7) is 5.24. The third-order valence-electron chi connectivity index (χ3n) is 8.48. The van der Waals surface area contributed by atoms with Crippen LogP contribution in [0.15, 0.2) is 91.4 Å². The van der Waals surface area contributed by atoms with Crippen molar-refractivity contribution in [3.05, 3.63) is 97.2 Å². The summed E-state index contributed by atoms with van der Waals surface area (Å²) in [4.78, 5) is 32.9. The lowest BCUT2D eigenvalue weighted by Gasteiger charge is -2.26. The van der Waals surface area contributed by atoms with Crippen molar-refractivity contribution in [2.45, 2.75) is 19.4 Å². The maximum Gasteiger partial charge on any atom is 0.240 e. The van der Waals surface area contributed by atoms with Gasteiger partial charge in [-0.2, -0.15) is 5.10 Å². The van der Waals surface area contributed by atoms with Gasteiger partial charge in [0, 0.05) is 54.4 Å². The number of nitrogens with one attached hydrogen (secondary N) is 2. The highest BCUT2D eigenvalue weighted by Gasteiger charge is 2.56. The predicted molar refractivity (Wildman–Crippen MR) is 172 cm³/mol. The highest BCUT2D eigenvalue weighted by Crippen LogP contribution is 2.47. The molecule has 2 N–H and O–H groups in total. The van der Waals surface area contributed by atoms with Crippen LogP contribution in [0.2, 0.25) is 0 Å². The number of rotatable bonds is 10. The van der Waals surface area contributed by atoms with Crippen molar-refractivity contribution in [3.8, 4) is 22.6 Å². The van der Waals surface area contributed by atoms with Crippen molar-refractivity contribution in [3.63, 3.8) is 0 Å². The first-order valence-electron chi connectivity index (χ1n) is 15.3. The second kappa shape index (κ2) is 12.7. The molecule has 0 spiro atoms. The predicted octanol–water partition coefficient (Wildman–Crippen LogP) is 5.72. The van der Waals surface area contributed by atoms with E-state index in [1.807, 2.05) is 35.1 Å². The molecule has 1 aliphatic heterocycles. The molecule has 10 nitrogen and oxygen atoms in total. The van der Waals surface area contributed by atoms with E-state index in [1.165, 1.54) is 24.3 Å². The highest BCUT2D eigenvalue weighted by atomic mass is 19.1. The Morgan fingerprint density at radius 1 is 0.870 bits per heavy atom. The Morgan fingerprint density at radius 3 is 2.26 bits per heavy atom. The van der Waals surface area contributed by atoms with Gasteiger partial charge in [0.15, 0.2) is 0 Å². The van der Waals surface area contributed by atoms with Crippen LogP contribution in [0.5, 0.6) is 11.5 Å². The number of carbonyl (C=O) groups is 2. The normalized spacial score (nSPS) is 15.8. The third kappa shape index (κ3) is 6.46. The number of hydrogen-bond acceptors (Lipinski definition) is 7. The van der Waals surface area contributed by atoms with E-state index in [-0.39, 0.29) is 5.91 Å². The summed E-state index contributed by atoms with van der Waals surface area (Å²) in [6, 6.07) is 20.3. The Balaban J connectivity index is 0.978. The smallest absolute Gasteiger partial charge is 0.240 e. The topological polar surface area (TPSA) is 111 Å². The van der Waals surface area contributed by atoms with Crippen molar-refractivity contribution < 1.29 is 23.5 Å². The maximum absolute atomic E-state index is 13.2. The fraction of sp³-hybridized carbons (Fsp3) is 0.257. The number of halogens is 1. The molecule has 2 fully saturated rings. The molecular formula is C35H33FN6O4. The molecule has 0 bridgehead atoms. The van der Waals surface area contributed by atoms with E-state index < -0.39 is 17.1 Å². The second-order valence-corrected chi connectivity index (χ2v) is 11.6. The lowest BCUT2D eigenvalue weighted by atomic mass is 10.0. The summed E-state index contributed by atoms with van der Waals surface area (Å²) in [5, 5.41) is 11.0. The largest absolute Gasteiger partial charge is 0.457 e. The molecule has 3 aromatic carbocycles. The van der Waals surface area contributed by atoms with Crippen LogP contribution in [-0.2, 0) is 20.9 Å². The molecule has 0 atom stereocenters. The number of pyridine rings is 1. The van der Waals surface area contributed by atoms with E-state index in [2.05, 4.69) is 31.8 Å². The molecule has 1 saturated heterocycles. The molecule has 11 heteroatoms. The van der Waals surface area contributed by atoms with Crippen LogP contribution in [0.1, 0.15) is 12.8 Å². The van der Waals surface area contributed by atoms with Crippen LogP contribution in [-0.4, -0.2) is 64.3 Å². The van der Waals surface area contributed by atoms with Gasteiger partial charge in [0.05, 0.1) is 31.5 Å². The zero-order valence-corrected chi connectivity index (χ0v) is 25.1. The van der Waals surface area contributed by atoms with Crippen molar-refractivity contribution >= 4 is 34.1 Å². The van der Waals surface area contributed by atoms with Crippen molar-refractivity contribution in [1.29, 1.82) is 0 Å². The molecule has 5 aromatic rings. The summed E-state index contributed by atoms with van der Waals surface area (Å²) in [6.07, 6.45) is 6.55. The molecule has 2 aliphatic rings. The van der Waals surface area contributed by atoms with E-state index in [1.54, 1.807) is 30.5 Å². The average molecular weight is 621 g/mol. The Labute approximate surface area is 265 Å². The molecule has 0 radical (unpaired) electrons. The Bertz CT molecular complexity index is 1860. The molecule has 1 saturated carbocycles. The number of nitrogens with zero attached hydrogens (tertiary/aromatic N) is 4. The lowest BCUT2D eigenvalue weighted by molar-refractivity contribution is -0.131. The molecule has 2 amide bonds. The Morgan fingerprint density at radius 2 is 1.57 bits per heavy atom. The Hall–Kier alpha value is -5.13. The molecule has 46 heavy (non-hydrogen) atoms. The average Bonchev–Trinajstić information content (AvgIpc) is 3.77. The fourth-order valence-corrected chi connectivity index (χ4v) is 5.54. The molecule has 2 aromatic heterocycles. The first kappa shape index (κ1) is 29.6. The van der Waals surface area contributed by atoms with E-state index in [4.69, 9.17) is 9.47 Å². The van der Waals surface area contributed by atoms with E-state index >= 15 is 0 Å². The zero-order chi connectivity index (χ0) is 31.5. The SMILES string of the molecule is O=C(Nc1ccc(F)cc1)C1(C(=O)Nc2ccc(Oc3ccnc4cc(-c5cnn(CCN6CCOCC6)c5)ccc34)cc2)CC1. The molecular weight excluding hydrogens is 587 g/mol. The van der Waals surface area contributed by atoms with Gasteiger partial charge in [0.2, 0.25) is 11.8 Å². The second-order valence-electron chi connectivity index (χ2n) is 11.6. The van der Waals surface area contributed by atoms with Crippen LogP contribution in [0.4, 0.5) is 15.8 Å². The van der Waals surface area contributed by atoms with Crippen molar-refractivity contribution in [2.75, 3.05) is 43.5 Å². The number of amides is 2. The number of fused-ring (bicyclic) bond motifs is 1. The number of benzene rings is 3. The Kier molecular flexibility index (Phi) is 8.17. The third-order valence-corrected chi connectivity index (χ3v) is 8.48. The van der Waals surface area contributed by atoms with Gasteiger partial charge in [-0.15, -0.1) is 0 Å². The molecule has 7 rings (SSSR count). The van der Waals surface area contributed by atoms with E-state index in [9.17, 15) is 14.0 Å². The molecule has 234 valence electrons. The summed E-state index contributed by atoms with van der Waals surface area (Å²) in [5.41, 5.74) is 2.70. The lowest BCUT2D eigenvalue weighted by Crippen LogP contribution is -2.38. The van der Waals surface area contributed by atoms with Crippen LogP contribution >= 0.6 is 0 Å². The number of hydrogen-bond donors (Lipinski definition) is 2. The minimum absolute atomic E-state index is 0.376. The number of aromatic nitrogens is 3. The van der Waals surface area contributed by atoms with Gasteiger partial charge in [-0.3, -0.25) is 24.2 Å². The van der Waals surface area contributed by atoms with Gasteiger partial charge in [-0.25, -0.2) is 4.39 Å². The first-order valence-corrected chi connectivity index (χ1v) is 15.3. The van der Waals surface area contributed by atoms with E-state index in [0.717, 1.165) is 61.4 Å². The van der Waals surface area contributed by atoms with Gasteiger partial charge in [0.1, 0.15) is 22.7 Å². The molecule has 1 aliphatic carbocycles. The number of morpholine rings is 1. The van der Waals surface area contributed by atoms with Crippen LogP contribution in [0.25, 0.3) is 22.0 Å². The summed E-state index contributed by atoms with van der Waals surface area (Å²) < 4.78 is 26.8. The maximum atomic E-state index is 13.2. The monoisotopic (exact) mass is 620 g/mol. The minimum atomic E-state index is -1.14. The van der Waals surface area contributed by atoms with Gasteiger partial charge in [0.25, 0.3) is 0 Å². The van der Waals surface area contributed by atoms with Gasteiger partial charge >= 0.3 is 0 Å². The van der Waals surface area contributed by atoms with Gasteiger partial charge in [-0.1, -0.05) is 6.07 Å². The number of carbonyl (C=O) groups excluding carboxylic acids is 2. The van der Waals surface area contributed by atoms with Crippen LogP contribution in [0, 0.1) is 11.2 Å². The zero-order valence-electron chi connectivity index (χ0n) is 25.1. The summed E-state index contributed by atoms with van der Waals surface area (Å²) in [7, 11) is 0. The number of ether oxygens (including phenoxy) is 2. The summed E-state index contributed by atoms with van der Waals surface area (Å²) in [5.74, 6) is 0.0714. The van der Waals surface area contributed by atoms with Crippen LogP contribution in [0.3, 0.4) is 0 Å². The quantitative estimate of drug-likeness (QED) is 0.192. The molecule has 3 heterocycles. The van der Waals surface area contributed by atoms with Crippen molar-refractivity contribution in [1.82, 2.24) is 19.7 Å². The standard InChI is InChI=1S/C35H33FN6O4/c36-26-2-4-27(5-3-26)39-33(43)35(12-13-35)34(44)40-28-6-8-29(9-7-28)46-32-11-14-37-31-21-24(1-10-30(31)32)25-22-38-42(23-25)16-15-41-17-19-45-20-18-41/h1-11,14,21-23H,12-13,15-20H2,(H,39,43)(H,40,44). The fourth-order valence-electron chi connectivity index (χ4n) is 5.54. The van der Waals surface area contributed by atoms with Gasteiger partial charge in [-0.05, 0) is 85.1 Å². The van der Waals surface area contributed by atoms with Crippen LogP contribution < -0.4 is 15.4 Å². The minimum Gasteiger partial charge on any atom is -0.457 e. The van der Waals surface area contributed by atoms with Crippen molar-refractivity contribution in [2.24, 2.45) is 5.41 Å². The highest BCUT2D eigenvalue weighted by molar-refractivity contribution is 6.16. The van der Waals surface area contributed by atoms with Gasteiger partial charge < -0.3 is 20.1 Å². The number of anilines is 2. The molecule has 0 unspecified atom stereocenters. The van der Waals surface area contributed by atoms with E-state index in [0.29, 0.717) is 35.7 Å².